The SMILES string of the molecule is O=C(OC(C(F)(F)F)C(F)(F)F)N1CCN(Cc2ccccc2C2(C(=O)O)CCCC2)CC1. The molecule has 1 aromatic carbocycles. The van der Waals surface area contributed by atoms with Crippen LogP contribution < -0.4 is 0 Å². The van der Waals surface area contributed by atoms with Gasteiger partial charge in [-0.2, -0.15) is 26.3 Å². The van der Waals surface area contributed by atoms with Crippen molar-refractivity contribution < 1.29 is 45.8 Å². The number of hydrogen-bond acceptors (Lipinski definition) is 4. The predicted octanol–water partition coefficient (Wildman–Crippen LogP) is 4.33. The number of piperazine rings is 1. The molecule has 1 aliphatic carbocycles. The summed E-state index contributed by atoms with van der Waals surface area (Å²) in [7, 11) is 0. The van der Waals surface area contributed by atoms with Gasteiger partial charge in [0, 0.05) is 32.7 Å². The molecule has 12 heteroatoms. The summed E-state index contributed by atoms with van der Waals surface area (Å²) in [5.41, 5.74) is 0.550. The highest BCUT2D eigenvalue weighted by Crippen LogP contribution is 2.43. The van der Waals surface area contributed by atoms with Crippen LogP contribution in [-0.4, -0.2) is 71.6 Å². The van der Waals surface area contributed by atoms with Gasteiger partial charge in [-0.3, -0.25) is 9.69 Å². The third kappa shape index (κ3) is 5.53. The van der Waals surface area contributed by atoms with Crippen molar-refractivity contribution in [3.63, 3.8) is 0 Å². The predicted molar refractivity (Wildman–Crippen MR) is 103 cm³/mol. The number of carbonyl (C=O) groups is 2. The fraction of sp³-hybridized carbons (Fsp3) is 0.619. The van der Waals surface area contributed by atoms with Crippen LogP contribution in [-0.2, 0) is 21.5 Å². The molecule has 0 bridgehead atoms. The Kier molecular flexibility index (Phi) is 7.15. The molecule has 1 amide bonds. The summed E-state index contributed by atoms with van der Waals surface area (Å²) in [5.74, 6) is -0.885. The fourth-order valence-electron chi connectivity index (χ4n) is 4.53. The molecule has 0 radical (unpaired) electrons. The van der Waals surface area contributed by atoms with Crippen LogP contribution in [0.25, 0.3) is 0 Å². The van der Waals surface area contributed by atoms with Crippen LogP contribution in [0.1, 0.15) is 36.8 Å². The first-order chi connectivity index (χ1) is 15.3. The zero-order valence-corrected chi connectivity index (χ0v) is 17.6. The van der Waals surface area contributed by atoms with Gasteiger partial charge in [0.05, 0.1) is 5.41 Å². The quantitative estimate of drug-likeness (QED) is 0.633. The van der Waals surface area contributed by atoms with Crippen molar-refractivity contribution in [1.29, 1.82) is 0 Å². The van der Waals surface area contributed by atoms with E-state index >= 15 is 0 Å². The Bertz CT molecular complexity index is 845. The normalized spacial score (nSPS) is 19.7. The van der Waals surface area contributed by atoms with Crippen LogP contribution in [0.2, 0.25) is 0 Å². The number of alkyl halides is 6. The number of carbonyl (C=O) groups excluding carboxylic acids is 1. The zero-order valence-electron chi connectivity index (χ0n) is 17.6. The van der Waals surface area contributed by atoms with E-state index in [2.05, 4.69) is 4.74 Å². The molecule has 1 aromatic rings. The smallest absolute Gasteiger partial charge is 0.434 e. The van der Waals surface area contributed by atoms with E-state index in [0.29, 0.717) is 19.4 Å². The number of rotatable bonds is 5. The Hall–Kier alpha value is -2.50. The summed E-state index contributed by atoms with van der Waals surface area (Å²) < 4.78 is 79.6. The minimum absolute atomic E-state index is 0.118. The zero-order chi connectivity index (χ0) is 24.4. The van der Waals surface area contributed by atoms with Crippen LogP contribution in [0.4, 0.5) is 31.1 Å². The second kappa shape index (κ2) is 9.40. The number of aliphatic carboxylic acids is 1. The van der Waals surface area contributed by atoms with Crippen molar-refractivity contribution in [3.8, 4) is 0 Å². The molecule has 2 fully saturated rings. The van der Waals surface area contributed by atoms with Crippen LogP contribution in [0, 0.1) is 0 Å². The van der Waals surface area contributed by atoms with Gasteiger partial charge in [-0.25, -0.2) is 4.79 Å². The number of benzene rings is 1. The molecule has 0 atom stereocenters. The van der Waals surface area contributed by atoms with Crippen molar-refractivity contribution in [3.05, 3.63) is 35.4 Å². The Morgan fingerprint density at radius 1 is 0.970 bits per heavy atom. The van der Waals surface area contributed by atoms with E-state index in [-0.39, 0.29) is 26.2 Å². The maximum absolute atomic E-state index is 12.6. The number of ether oxygens (including phenoxy) is 1. The van der Waals surface area contributed by atoms with E-state index in [1.54, 1.807) is 18.2 Å². The Morgan fingerprint density at radius 2 is 1.52 bits per heavy atom. The molecule has 1 heterocycles. The minimum atomic E-state index is -5.76. The Labute approximate surface area is 186 Å². The molecule has 6 nitrogen and oxygen atoms in total. The molecule has 1 aliphatic heterocycles. The highest BCUT2D eigenvalue weighted by atomic mass is 19.4. The third-order valence-electron chi connectivity index (χ3n) is 6.24. The monoisotopic (exact) mass is 482 g/mol. The van der Waals surface area contributed by atoms with E-state index in [9.17, 15) is 41.0 Å². The van der Waals surface area contributed by atoms with Crippen molar-refractivity contribution in [2.45, 2.75) is 56.1 Å². The first-order valence-electron chi connectivity index (χ1n) is 10.5. The van der Waals surface area contributed by atoms with Crippen molar-refractivity contribution in [1.82, 2.24) is 9.80 Å². The van der Waals surface area contributed by atoms with E-state index in [1.807, 2.05) is 11.0 Å². The van der Waals surface area contributed by atoms with E-state index in [1.165, 1.54) is 0 Å². The van der Waals surface area contributed by atoms with Crippen molar-refractivity contribution >= 4 is 12.1 Å². The second-order valence-electron chi connectivity index (χ2n) is 8.36. The minimum Gasteiger partial charge on any atom is -0.481 e. The van der Waals surface area contributed by atoms with Crippen molar-refractivity contribution in [2.75, 3.05) is 26.2 Å². The lowest BCUT2D eigenvalue weighted by atomic mass is 9.76. The molecule has 184 valence electrons. The number of nitrogens with zero attached hydrogens (tertiary/aromatic N) is 2. The molecule has 1 saturated heterocycles. The lowest BCUT2D eigenvalue weighted by molar-refractivity contribution is -0.308. The molecule has 0 spiro atoms. The van der Waals surface area contributed by atoms with E-state index in [0.717, 1.165) is 28.9 Å². The van der Waals surface area contributed by atoms with Crippen LogP contribution in [0.3, 0.4) is 0 Å². The largest absolute Gasteiger partial charge is 0.481 e. The third-order valence-corrected chi connectivity index (χ3v) is 6.24. The average Bonchev–Trinajstić information content (AvgIpc) is 3.22. The summed E-state index contributed by atoms with van der Waals surface area (Å²) in [6.45, 7) is 0.487. The lowest BCUT2D eigenvalue weighted by Crippen LogP contribution is -2.52. The lowest BCUT2D eigenvalue weighted by Gasteiger charge is -2.36. The maximum Gasteiger partial charge on any atom is 0.434 e. The molecular weight excluding hydrogens is 458 g/mol. The van der Waals surface area contributed by atoms with Gasteiger partial charge < -0.3 is 14.7 Å². The van der Waals surface area contributed by atoms with Gasteiger partial charge in [-0.1, -0.05) is 37.1 Å². The molecule has 33 heavy (non-hydrogen) atoms. The number of carboxylic acids is 1. The van der Waals surface area contributed by atoms with Gasteiger partial charge in [0.15, 0.2) is 0 Å². The molecule has 2 aliphatic rings. The van der Waals surface area contributed by atoms with E-state index < -0.39 is 35.9 Å². The summed E-state index contributed by atoms with van der Waals surface area (Å²) in [4.78, 5) is 26.7. The number of hydrogen-bond donors (Lipinski definition) is 1. The maximum atomic E-state index is 12.6. The summed E-state index contributed by atoms with van der Waals surface area (Å²) in [6.07, 6.45) is -14.7. The summed E-state index contributed by atoms with van der Waals surface area (Å²) >= 11 is 0. The summed E-state index contributed by atoms with van der Waals surface area (Å²) in [6, 6.07) is 7.16. The molecule has 1 saturated carbocycles. The molecule has 3 rings (SSSR count). The summed E-state index contributed by atoms with van der Waals surface area (Å²) in [5, 5.41) is 9.90. The number of amides is 1. The highest BCUT2D eigenvalue weighted by Gasteiger charge is 2.60. The van der Waals surface area contributed by atoms with Gasteiger partial charge in [0.2, 0.25) is 0 Å². The van der Waals surface area contributed by atoms with Gasteiger partial charge in [0.25, 0.3) is 6.10 Å². The average molecular weight is 482 g/mol. The molecule has 0 aromatic heterocycles. The van der Waals surface area contributed by atoms with E-state index in [4.69, 9.17) is 0 Å². The van der Waals surface area contributed by atoms with Crippen LogP contribution >= 0.6 is 0 Å². The topological polar surface area (TPSA) is 70.1 Å². The van der Waals surface area contributed by atoms with Gasteiger partial charge in [-0.15, -0.1) is 0 Å². The van der Waals surface area contributed by atoms with Gasteiger partial charge in [-0.05, 0) is 24.0 Å². The van der Waals surface area contributed by atoms with Crippen molar-refractivity contribution in [2.24, 2.45) is 0 Å². The first-order valence-corrected chi connectivity index (χ1v) is 10.5. The van der Waals surface area contributed by atoms with Gasteiger partial charge in [0.1, 0.15) is 0 Å². The Morgan fingerprint density at radius 3 is 2.03 bits per heavy atom. The van der Waals surface area contributed by atoms with Crippen LogP contribution in [0.5, 0.6) is 0 Å². The number of halogens is 6. The number of carboxylic acid groups (broad SMARTS) is 1. The highest BCUT2D eigenvalue weighted by molar-refractivity contribution is 5.82. The van der Waals surface area contributed by atoms with Gasteiger partial charge >= 0.3 is 24.4 Å². The molecule has 1 N–H and O–H groups in total. The standard InChI is InChI=1S/C21H24F6N2O4/c22-20(23,24)16(21(25,26)27)33-18(32)29-11-9-28(10-12-29)13-14-5-1-2-6-15(14)19(17(30)31)7-3-4-8-19/h1-2,5-6,16H,3-4,7-13H2,(H,30,31). The molecule has 0 unspecified atom stereocenters. The Balaban J connectivity index is 1.64. The fourth-order valence-corrected chi connectivity index (χ4v) is 4.53. The second-order valence-corrected chi connectivity index (χ2v) is 8.36. The first kappa shape index (κ1) is 25.1. The molecular formula is C21H24F6N2O4. The van der Waals surface area contributed by atoms with Crippen LogP contribution in [0.15, 0.2) is 24.3 Å².